The molecule has 8 nitrogen and oxygen atoms in total. The zero-order chi connectivity index (χ0) is 28.1. The number of benzene rings is 2. The van der Waals surface area contributed by atoms with Crippen LogP contribution in [0, 0.1) is 5.92 Å². The van der Waals surface area contributed by atoms with E-state index in [9.17, 15) is 19.5 Å². The van der Waals surface area contributed by atoms with Crippen LogP contribution in [0.5, 0.6) is 0 Å². The van der Waals surface area contributed by atoms with E-state index in [2.05, 4.69) is 5.32 Å². The molecule has 0 aromatic heterocycles. The summed E-state index contributed by atoms with van der Waals surface area (Å²) in [6.45, 7) is 5.47. The van der Waals surface area contributed by atoms with Gasteiger partial charge in [-0.05, 0) is 56.3 Å². The number of amides is 3. The number of aliphatic hydroxyl groups is 1. The Balaban J connectivity index is 1.50. The maximum absolute atomic E-state index is 16.0. The van der Waals surface area contributed by atoms with Crippen LogP contribution in [0.4, 0.5) is 15.5 Å². The first kappa shape index (κ1) is 27.5. The van der Waals surface area contributed by atoms with E-state index < -0.39 is 31.6 Å². The van der Waals surface area contributed by atoms with Crippen molar-refractivity contribution >= 4 is 37.5 Å². The van der Waals surface area contributed by atoms with E-state index in [1.807, 2.05) is 13.0 Å². The number of halogens is 1. The number of carbonyl (C=O) groups is 3. The number of rotatable bonds is 6. The van der Waals surface area contributed by atoms with Gasteiger partial charge in [-0.1, -0.05) is 25.1 Å². The number of likely N-dealkylation sites (tertiary alicyclic amines) is 1. The van der Waals surface area contributed by atoms with Gasteiger partial charge in [0.1, 0.15) is 0 Å². The van der Waals surface area contributed by atoms with Gasteiger partial charge in [0, 0.05) is 41.9 Å². The molecule has 5 atom stereocenters. The highest BCUT2D eigenvalue weighted by Crippen LogP contribution is 2.60. The predicted octanol–water partition coefficient (Wildman–Crippen LogP) is 4.06. The standard InChI is InChI=1S/C29H36FN3O5Si/c1-18-26(39(3,4)30)24(16-25(35)33-14-8-11-21(33)17-34)38-29(18)22-15-20(12-13-23(22)32(2)28(29)37)31-27(36)19-9-6-5-7-10-19/h5-7,9-10,12-13,15,18,21,24,26,34H,8,11,14,16-17H2,1-4H3,(H,31,36)/t18-,21-,24+,26-,29+/m0/s1. The third-order valence-electron chi connectivity index (χ3n) is 8.67. The van der Waals surface area contributed by atoms with Gasteiger partial charge in [-0.3, -0.25) is 14.4 Å². The van der Waals surface area contributed by atoms with Crippen molar-refractivity contribution in [3.8, 4) is 0 Å². The van der Waals surface area contributed by atoms with Crippen LogP contribution in [0.15, 0.2) is 48.5 Å². The first-order chi connectivity index (χ1) is 18.5. The highest BCUT2D eigenvalue weighted by molar-refractivity contribution is 6.72. The van der Waals surface area contributed by atoms with Crippen LogP contribution < -0.4 is 10.2 Å². The number of hydrogen-bond acceptors (Lipinski definition) is 5. The lowest BCUT2D eigenvalue weighted by atomic mass is 9.82. The van der Waals surface area contributed by atoms with Crippen LogP contribution in [-0.4, -0.2) is 68.5 Å². The number of ether oxygens (including phenoxy) is 1. The van der Waals surface area contributed by atoms with Crippen LogP contribution in [0.25, 0.3) is 0 Å². The summed E-state index contributed by atoms with van der Waals surface area (Å²) in [5.41, 5.74) is 0.122. The molecule has 3 aliphatic heterocycles. The molecule has 2 aromatic carbocycles. The molecule has 3 heterocycles. The van der Waals surface area contributed by atoms with Crippen LogP contribution in [0.3, 0.4) is 0 Å². The van der Waals surface area contributed by atoms with Gasteiger partial charge < -0.3 is 29.1 Å². The Morgan fingerprint density at radius 1 is 1.21 bits per heavy atom. The van der Waals surface area contributed by atoms with Crippen molar-refractivity contribution in [3.05, 3.63) is 59.7 Å². The van der Waals surface area contributed by atoms with Crippen molar-refractivity contribution in [2.24, 2.45) is 5.92 Å². The van der Waals surface area contributed by atoms with Crippen molar-refractivity contribution in [1.29, 1.82) is 0 Å². The summed E-state index contributed by atoms with van der Waals surface area (Å²) in [6, 6.07) is 13.8. The summed E-state index contributed by atoms with van der Waals surface area (Å²) in [5.74, 6) is -1.31. The second kappa shape index (κ2) is 10.1. The molecule has 0 bridgehead atoms. The van der Waals surface area contributed by atoms with E-state index in [0.29, 0.717) is 29.0 Å². The maximum atomic E-state index is 16.0. The molecule has 2 N–H and O–H groups in total. The molecule has 2 aromatic rings. The molecule has 2 fully saturated rings. The number of hydrogen-bond donors (Lipinski definition) is 2. The van der Waals surface area contributed by atoms with Crippen molar-refractivity contribution in [2.75, 3.05) is 30.4 Å². The Morgan fingerprint density at radius 3 is 2.59 bits per heavy atom. The van der Waals surface area contributed by atoms with E-state index in [4.69, 9.17) is 4.74 Å². The SMILES string of the molecule is C[C@H]1[C@H]([Si](C)(C)F)[C@@H](CC(=O)N2CCC[C@H]2CO)O[C@]12C(=O)N(C)c1ccc(NC(=O)c3ccccc3)cc12. The third kappa shape index (κ3) is 4.58. The first-order valence-electron chi connectivity index (χ1n) is 13.5. The minimum atomic E-state index is -3.42. The second-order valence-electron chi connectivity index (χ2n) is 11.5. The van der Waals surface area contributed by atoms with Gasteiger partial charge in [-0.15, -0.1) is 0 Å². The van der Waals surface area contributed by atoms with Crippen molar-refractivity contribution < 1.29 is 28.3 Å². The third-order valence-corrected chi connectivity index (χ3v) is 11.1. The van der Waals surface area contributed by atoms with E-state index in [1.165, 1.54) is 4.90 Å². The molecule has 1 spiro atoms. The van der Waals surface area contributed by atoms with Gasteiger partial charge >= 0.3 is 0 Å². The first-order valence-corrected chi connectivity index (χ1v) is 16.5. The van der Waals surface area contributed by atoms with Crippen LogP contribution in [0.2, 0.25) is 18.6 Å². The van der Waals surface area contributed by atoms with Gasteiger partial charge in [0.05, 0.1) is 30.9 Å². The zero-order valence-corrected chi connectivity index (χ0v) is 23.8. The Morgan fingerprint density at radius 2 is 1.92 bits per heavy atom. The molecule has 3 aliphatic rings. The van der Waals surface area contributed by atoms with Crippen LogP contribution in [0.1, 0.15) is 42.1 Å². The largest absolute Gasteiger partial charge is 0.394 e. The number of nitrogens with zero attached hydrogens (tertiary/aromatic N) is 2. The molecule has 3 amide bonds. The summed E-state index contributed by atoms with van der Waals surface area (Å²) in [5, 5.41) is 12.6. The lowest BCUT2D eigenvalue weighted by molar-refractivity contribution is -0.149. The van der Waals surface area contributed by atoms with Crippen LogP contribution in [-0.2, 0) is 19.9 Å². The molecule has 2 saturated heterocycles. The average Bonchev–Trinajstić information content (AvgIpc) is 3.55. The zero-order valence-electron chi connectivity index (χ0n) is 22.8. The minimum absolute atomic E-state index is 0.0512. The highest BCUT2D eigenvalue weighted by atomic mass is 28.4. The fourth-order valence-electron chi connectivity index (χ4n) is 6.87. The maximum Gasteiger partial charge on any atom is 0.264 e. The normalized spacial score (nSPS) is 28.3. The molecule has 10 heteroatoms. The Hall–Kier alpha value is -3.08. The van der Waals surface area contributed by atoms with Crippen molar-refractivity contribution in [3.63, 3.8) is 0 Å². The van der Waals surface area contributed by atoms with Gasteiger partial charge in [0.2, 0.25) is 14.3 Å². The summed E-state index contributed by atoms with van der Waals surface area (Å²) in [6.07, 6.45) is 0.702. The molecule has 0 aliphatic carbocycles. The van der Waals surface area contributed by atoms with Gasteiger partial charge in [0.25, 0.3) is 11.8 Å². The molecular formula is C29H36FN3O5Si. The average molecular weight is 554 g/mol. The number of aliphatic hydroxyl groups excluding tert-OH is 1. The van der Waals surface area contributed by atoms with Gasteiger partial charge in [0.15, 0.2) is 5.60 Å². The molecule has 5 rings (SSSR count). The van der Waals surface area contributed by atoms with E-state index in [-0.39, 0.29) is 36.8 Å². The lowest BCUT2D eigenvalue weighted by Gasteiger charge is -2.31. The molecule has 0 radical (unpaired) electrons. The number of carbonyl (C=O) groups excluding carboxylic acids is 3. The Bertz CT molecular complexity index is 1290. The van der Waals surface area contributed by atoms with E-state index in [0.717, 1.165) is 12.8 Å². The summed E-state index contributed by atoms with van der Waals surface area (Å²) in [4.78, 5) is 43.2. The quantitative estimate of drug-likeness (QED) is 0.415. The fraction of sp³-hybridized carbons (Fsp3) is 0.483. The van der Waals surface area contributed by atoms with E-state index >= 15 is 4.11 Å². The molecule has 0 unspecified atom stereocenters. The molecule has 39 heavy (non-hydrogen) atoms. The summed E-state index contributed by atoms with van der Waals surface area (Å²) in [7, 11) is -1.76. The summed E-state index contributed by atoms with van der Waals surface area (Å²) >= 11 is 0. The molecule has 208 valence electrons. The van der Waals surface area contributed by atoms with Crippen molar-refractivity contribution in [2.45, 2.75) is 62.6 Å². The topological polar surface area (TPSA) is 99.2 Å². The smallest absolute Gasteiger partial charge is 0.264 e. The Kier molecular flexibility index (Phi) is 7.15. The predicted molar refractivity (Wildman–Crippen MR) is 149 cm³/mol. The fourth-order valence-corrected chi connectivity index (χ4v) is 9.36. The van der Waals surface area contributed by atoms with Crippen molar-refractivity contribution in [1.82, 2.24) is 4.90 Å². The monoisotopic (exact) mass is 553 g/mol. The van der Waals surface area contributed by atoms with Gasteiger partial charge in [-0.2, -0.15) is 0 Å². The lowest BCUT2D eigenvalue weighted by Crippen LogP contribution is -2.44. The number of anilines is 2. The minimum Gasteiger partial charge on any atom is -0.394 e. The number of nitrogens with one attached hydrogen (secondary N) is 1. The van der Waals surface area contributed by atoms with Crippen LogP contribution >= 0.6 is 0 Å². The number of fused-ring (bicyclic) bond motifs is 2. The second-order valence-corrected chi connectivity index (χ2v) is 15.3. The highest BCUT2D eigenvalue weighted by Gasteiger charge is 2.66. The van der Waals surface area contributed by atoms with E-state index in [1.54, 1.807) is 67.5 Å². The number of likely N-dealkylation sites (N-methyl/N-ethyl adjacent to an activating group) is 1. The van der Waals surface area contributed by atoms with Gasteiger partial charge in [-0.25, -0.2) is 0 Å². The Labute approximate surface area is 229 Å². The summed E-state index contributed by atoms with van der Waals surface area (Å²) < 4.78 is 22.5. The molecule has 0 saturated carbocycles. The molecular weight excluding hydrogens is 517 g/mol.